The number of carbonyl (C=O) groups is 1. The molecule has 0 spiro atoms. The Hall–Kier alpha value is -2.56. The Labute approximate surface area is 122 Å². The number of ether oxygens (including phenoxy) is 2. The molecule has 1 N–H and O–H groups in total. The summed E-state index contributed by atoms with van der Waals surface area (Å²) < 4.78 is 23.5. The van der Waals surface area contributed by atoms with E-state index in [9.17, 15) is 9.18 Å². The Morgan fingerprint density at radius 3 is 2.76 bits per heavy atom. The van der Waals surface area contributed by atoms with Crippen molar-refractivity contribution >= 4 is 5.91 Å². The molecule has 2 aromatic rings. The van der Waals surface area contributed by atoms with Crippen LogP contribution in [0.3, 0.4) is 0 Å². The molecule has 0 unspecified atom stereocenters. The van der Waals surface area contributed by atoms with Crippen LogP contribution in [0.4, 0.5) is 4.39 Å². The van der Waals surface area contributed by atoms with Gasteiger partial charge in [-0.25, -0.2) is 4.39 Å². The smallest absolute Gasteiger partial charge is 0.258 e. The zero-order valence-electron chi connectivity index (χ0n) is 11.6. The maximum Gasteiger partial charge on any atom is 0.258 e. The van der Waals surface area contributed by atoms with Crippen molar-refractivity contribution in [3.05, 3.63) is 59.9 Å². The average Bonchev–Trinajstić information content (AvgIpc) is 2.52. The van der Waals surface area contributed by atoms with E-state index in [1.54, 1.807) is 19.2 Å². The Bertz CT molecular complexity index is 616. The fourth-order valence-corrected chi connectivity index (χ4v) is 1.74. The maximum atomic E-state index is 13.3. The van der Waals surface area contributed by atoms with Crippen LogP contribution in [-0.4, -0.2) is 19.6 Å². The van der Waals surface area contributed by atoms with E-state index in [1.807, 2.05) is 24.3 Å². The summed E-state index contributed by atoms with van der Waals surface area (Å²) in [6, 6.07) is 13.3. The molecule has 0 heterocycles. The molecule has 21 heavy (non-hydrogen) atoms. The zero-order chi connectivity index (χ0) is 15.1. The lowest BCUT2D eigenvalue weighted by molar-refractivity contribution is -0.123. The second-order valence-electron chi connectivity index (χ2n) is 4.35. The van der Waals surface area contributed by atoms with Crippen LogP contribution in [0, 0.1) is 5.82 Å². The van der Waals surface area contributed by atoms with Crippen molar-refractivity contribution in [1.29, 1.82) is 0 Å². The second kappa shape index (κ2) is 7.28. The highest BCUT2D eigenvalue weighted by atomic mass is 19.1. The van der Waals surface area contributed by atoms with Crippen LogP contribution in [0.1, 0.15) is 5.56 Å². The largest absolute Gasteiger partial charge is 0.497 e. The van der Waals surface area contributed by atoms with Crippen LogP contribution in [0.15, 0.2) is 48.5 Å². The summed E-state index contributed by atoms with van der Waals surface area (Å²) >= 11 is 0. The quantitative estimate of drug-likeness (QED) is 0.889. The minimum atomic E-state index is -0.488. The Kier molecular flexibility index (Phi) is 5.15. The van der Waals surface area contributed by atoms with Gasteiger partial charge in [0.25, 0.3) is 5.91 Å². The average molecular weight is 289 g/mol. The topological polar surface area (TPSA) is 47.6 Å². The molecule has 4 nitrogen and oxygen atoms in total. The standard InChI is InChI=1S/C16H16FNO3/c1-20-13-6-4-5-12(9-13)10-18-16(19)11-21-15-8-3-2-7-14(15)17/h2-9H,10-11H2,1H3,(H,18,19). The number of hydrogen-bond acceptors (Lipinski definition) is 3. The number of carbonyl (C=O) groups excluding carboxylic acids is 1. The molecule has 0 atom stereocenters. The predicted octanol–water partition coefficient (Wildman–Crippen LogP) is 2.53. The minimum absolute atomic E-state index is 0.0639. The predicted molar refractivity (Wildman–Crippen MR) is 76.7 cm³/mol. The summed E-state index contributed by atoms with van der Waals surface area (Å²) in [5.74, 6) is -0.0162. The van der Waals surface area contributed by atoms with Gasteiger partial charge in [-0.2, -0.15) is 0 Å². The lowest BCUT2D eigenvalue weighted by Gasteiger charge is -2.09. The van der Waals surface area contributed by atoms with E-state index < -0.39 is 5.82 Å². The Balaban J connectivity index is 1.81. The number of amides is 1. The van der Waals surface area contributed by atoms with Crippen molar-refractivity contribution in [2.75, 3.05) is 13.7 Å². The van der Waals surface area contributed by atoms with Gasteiger partial charge >= 0.3 is 0 Å². The van der Waals surface area contributed by atoms with E-state index >= 15 is 0 Å². The molecule has 0 aliphatic carbocycles. The number of hydrogen-bond donors (Lipinski definition) is 1. The number of para-hydroxylation sites is 1. The van der Waals surface area contributed by atoms with Crippen LogP contribution >= 0.6 is 0 Å². The summed E-state index contributed by atoms with van der Waals surface area (Å²) in [5, 5.41) is 2.70. The minimum Gasteiger partial charge on any atom is -0.497 e. The normalized spacial score (nSPS) is 10.0. The Morgan fingerprint density at radius 2 is 2.00 bits per heavy atom. The third-order valence-electron chi connectivity index (χ3n) is 2.82. The highest BCUT2D eigenvalue weighted by molar-refractivity contribution is 5.77. The SMILES string of the molecule is COc1cccc(CNC(=O)COc2ccccc2F)c1. The van der Waals surface area contributed by atoms with Gasteiger partial charge in [0.2, 0.25) is 0 Å². The van der Waals surface area contributed by atoms with Gasteiger partial charge in [-0.15, -0.1) is 0 Å². The van der Waals surface area contributed by atoms with Gasteiger partial charge in [0.1, 0.15) is 5.75 Å². The molecule has 1 amide bonds. The first-order valence-electron chi connectivity index (χ1n) is 6.46. The van der Waals surface area contributed by atoms with E-state index in [0.717, 1.165) is 11.3 Å². The summed E-state index contributed by atoms with van der Waals surface area (Å²) in [5.41, 5.74) is 0.911. The number of nitrogens with one attached hydrogen (secondary N) is 1. The first-order valence-corrected chi connectivity index (χ1v) is 6.46. The maximum absolute atomic E-state index is 13.3. The first-order chi connectivity index (χ1) is 10.2. The van der Waals surface area contributed by atoms with Crippen LogP contribution in [0.25, 0.3) is 0 Å². The van der Waals surface area contributed by atoms with E-state index in [-0.39, 0.29) is 18.3 Å². The van der Waals surface area contributed by atoms with Crippen molar-refractivity contribution in [3.8, 4) is 11.5 Å². The summed E-state index contributed by atoms with van der Waals surface area (Å²) in [4.78, 5) is 11.7. The van der Waals surface area contributed by atoms with Crippen molar-refractivity contribution in [2.24, 2.45) is 0 Å². The van der Waals surface area contributed by atoms with Crippen LogP contribution in [0.2, 0.25) is 0 Å². The molecule has 0 aliphatic rings. The summed E-state index contributed by atoms with van der Waals surface area (Å²) in [6.07, 6.45) is 0. The van der Waals surface area contributed by atoms with Gasteiger partial charge in [0.05, 0.1) is 7.11 Å². The van der Waals surface area contributed by atoms with Gasteiger partial charge in [-0.1, -0.05) is 24.3 Å². The number of rotatable bonds is 6. The van der Waals surface area contributed by atoms with E-state index in [0.29, 0.717) is 6.54 Å². The molecule has 0 bridgehead atoms. The van der Waals surface area contributed by atoms with Gasteiger partial charge in [0, 0.05) is 6.54 Å². The van der Waals surface area contributed by atoms with Gasteiger partial charge in [-0.3, -0.25) is 4.79 Å². The highest BCUT2D eigenvalue weighted by Crippen LogP contribution is 2.15. The third kappa shape index (κ3) is 4.49. The second-order valence-corrected chi connectivity index (χ2v) is 4.35. The fourth-order valence-electron chi connectivity index (χ4n) is 1.74. The van der Waals surface area contributed by atoms with Gasteiger partial charge in [-0.05, 0) is 29.8 Å². The Morgan fingerprint density at radius 1 is 1.19 bits per heavy atom. The first kappa shape index (κ1) is 14.8. The van der Waals surface area contributed by atoms with Crippen LogP contribution in [0.5, 0.6) is 11.5 Å². The monoisotopic (exact) mass is 289 g/mol. The lowest BCUT2D eigenvalue weighted by Crippen LogP contribution is -2.28. The molecule has 0 fully saturated rings. The van der Waals surface area contributed by atoms with E-state index in [1.165, 1.54) is 12.1 Å². The summed E-state index contributed by atoms with van der Waals surface area (Å²) in [6.45, 7) is 0.127. The molecule has 0 radical (unpaired) electrons. The van der Waals surface area contributed by atoms with E-state index in [4.69, 9.17) is 9.47 Å². The van der Waals surface area contributed by atoms with Crippen molar-refractivity contribution in [2.45, 2.75) is 6.54 Å². The van der Waals surface area contributed by atoms with Crippen molar-refractivity contribution in [1.82, 2.24) is 5.32 Å². The molecule has 2 aromatic carbocycles. The molecule has 0 aliphatic heterocycles. The van der Waals surface area contributed by atoms with E-state index in [2.05, 4.69) is 5.32 Å². The number of benzene rings is 2. The molecule has 0 aromatic heterocycles. The molecule has 2 rings (SSSR count). The number of halogens is 1. The lowest BCUT2D eigenvalue weighted by atomic mass is 10.2. The molecule has 110 valence electrons. The van der Waals surface area contributed by atoms with Crippen LogP contribution in [-0.2, 0) is 11.3 Å². The molecule has 0 saturated heterocycles. The highest BCUT2D eigenvalue weighted by Gasteiger charge is 2.06. The molecular weight excluding hydrogens is 273 g/mol. The fraction of sp³-hybridized carbons (Fsp3) is 0.188. The van der Waals surface area contributed by atoms with Gasteiger partial charge in [0.15, 0.2) is 18.2 Å². The third-order valence-corrected chi connectivity index (χ3v) is 2.82. The van der Waals surface area contributed by atoms with Crippen molar-refractivity contribution in [3.63, 3.8) is 0 Å². The summed E-state index contributed by atoms with van der Waals surface area (Å²) in [7, 11) is 1.58. The van der Waals surface area contributed by atoms with Gasteiger partial charge < -0.3 is 14.8 Å². The van der Waals surface area contributed by atoms with Crippen LogP contribution < -0.4 is 14.8 Å². The van der Waals surface area contributed by atoms with Crippen molar-refractivity contribution < 1.29 is 18.7 Å². The molecule has 5 heteroatoms. The zero-order valence-corrected chi connectivity index (χ0v) is 11.6. The molecule has 0 saturated carbocycles. The molecular formula is C16H16FNO3. The number of methoxy groups -OCH3 is 1.